The topological polar surface area (TPSA) is 123 Å². The molecular formula is C35H37N5O5. The molecule has 1 fully saturated rings. The maximum absolute atomic E-state index is 13.1. The molecule has 0 saturated carbocycles. The Morgan fingerprint density at radius 3 is 1.89 bits per heavy atom. The molecule has 2 aliphatic heterocycles. The smallest absolute Gasteiger partial charge is 0.334 e. The van der Waals surface area contributed by atoms with Crippen LogP contribution in [0.2, 0.25) is 0 Å². The molecule has 232 valence electrons. The molecule has 2 aliphatic rings. The maximum atomic E-state index is 13.1. The first-order chi connectivity index (χ1) is 21.7. The van der Waals surface area contributed by atoms with Crippen molar-refractivity contribution in [1.29, 1.82) is 0 Å². The van der Waals surface area contributed by atoms with E-state index in [0.29, 0.717) is 34.5 Å². The molecule has 0 unspecified atom stereocenters. The van der Waals surface area contributed by atoms with Crippen LogP contribution >= 0.6 is 0 Å². The number of hydrogen-bond donors (Lipinski definition) is 2. The third kappa shape index (κ3) is 5.30. The zero-order valence-electron chi connectivity index (χ0n) is 25.7. The van der Waals surface area contributed by atoms with Crippen LogP contribution in [0.5, 0.6) is 0 Å². The molecule has 0 radical (unpaired) electrons. The van der Waals surface area contributed by atoms with Gasteiger partial charge in [-0.2, -0.15) is 0 Å². The van der Waals surface area contributed by atoms with Gasteiger partial charge in [-0.05, 0) is 59.9 Å². The van der Waals surface area contributed by atoms with Crippen LogP contribution in [0, 0.1) is 0 Å². The van der Waals surface area contributed by atoms with Gasteiger partial charge in [-0.1, -0.05) is 72.8 Å². The van der Waals surface area contributed by atoms with Crippen molar-refractivity contribution in [1.82, 2.24) is 25.0 Å². The van der Waals surface area contributed by atoms with Crippen molar-refractivity contribution in [3.05, 3.63) is 118 Å². The highest BCUT2D eigenvalue weighted by Gasteiger charge is 2.52. The fraction of sp³-hybridized carbons (Fsp3) is 0.314. The molecule has 0 amide bonds. The van der Waals surface area contributed by atoms with Crippen LogP contribution in [0.3, 0.4) is 0 Å². The summed E-state index contributed by atoms with van der Waals surface area (Å²) in [6.07, 6.45) is 0.228. The van der Waals surface area contributed by atoms with E-state index in [1.807, 2.05) is 12.1 Å². The highest BCUT2D eigenvalue weighted by Crippen LogP contribution is 2.51. The van der Waals surface area contributed by atoms with Gasteiger partial charge < -0.3 is 20.0 Å². The molecule has 3 aromatic carbocycles. The van der Waals surface area contributed by atoms with E-state index in [9.17, 15) is 19.8 Å². The monoisotopic (exact) mass is 607 g/mol. The second kappa shape index (κ2) is 12.3. The van der Waals surface area contributed by atoms with Crippen LogP contribution in [-0.4, -0.2) is 86.9 Å². The Hall–Kier alpha value is -4.80. The van der Waals surface area contributed by atoms with E-state index in [1.165, 1.54) is 11.1 Å². The fourth-order valence-electron chi connectivity index (χ4n) is 7.26. The summed E-state index contributed by atoms with van der Waals surface area (Å²) in [5, 5.41) is 29.5. The lowest BCUT2D eigenvalue weighted by Crippen LogP contribution is -2.51. The van der Waals surface area contributed by atoms with E-state index in [4.69, 9.17) is 4.63 Å². The Kier molecular flexibility index (Phi) is 8.26. The molecule has 6 rings (SSSR count). The summed E-state index contributed by atoms with van der Waals surface area (Å²) in [7, 11) is 1.70. The van der Waals surface area contributed by atoms with Gasteiger partial charge in [0.25, 0.3) is 0 Å². The average molecular weight is 608 g/mol. The number of aromatic nitrogens is 2. The minimum atomic E-state index is -1.50. The molecule has 10 nitrogen and oxygen atoms in total. The second-order valence-electron chi connectivity index (χ2n) is 11.8. The van der Waals surface area contributed by atoms with Crippen molar-refractivity contribution in [2.75, 3.05) is 39.8 Å². The van der Waals surface area contributed by atoms with Crippen LogP contribution in [0.15, 0.2) is 106 Å². The number of fused-ring (bicyclic) bond motifs is 1. The molecule has 3 heterocycles. The first kappa shape index (κ1) is 30.2. The largest absolute Gasteiger partial charge is 0.478 e. The second-order valence-corrected chi connectivity index (χ2v) is 11.8. The van der Waals surface area contributed by atoms with Gasteiger partial charge >= 0.3 is 11.9 Å². The van der Waals surface area contributed by atoms with E-state index in [1.54, 1.807) is 44.0 Å². The van der Waals surface area contributed by atoms with Gasteiger partial charge in [0.15, 0.2) is 0 Å². The number of carbonyl (C=O) groups is 2. The quantitative estimate of drug-likeness (QED) is 0.271. The minimum Gasteiger partial charge on any atom is -0.478 e. The molecular weight excluding hydrogens is 570 g/mol. The van der Waals surface area contributed by atoms with Gasteiger partial charge in [-0.3, -0.25) is 4.90 Å². The molecule has 2 N–H and O–H groups in total. The van der Waals surface area contributed by atoms with E-state index in [-0.39, 0.29) is 23.6 Å². The summed E-state index contributed by atoms with van der Waals surface area (Å²) in [5.74, 6) is -2.34. The normalized spacial score (nSPS) is 17.8. The lowest BCUT2D eigenvalue weighted by Gasteiger charge is -2.45. The van der Waals surface area contributed by atoms with Gasteiger partial charge in [0.1, 0.15) is 11.0 Å². The molecule has 1 aromatic heterocycles. The van der Waals surface area contributed by atoms with Crippen LogP contribution in [0.4, 0.5) is 0 Å². The van der Waals surface area contributed by atoms with E-state index in [0.717, 1.165) is 26.2 Å². The van der Waals surface area contributed by atoms with Crippen molar-refractivity contribution in [3.8, 4) is 0 Å². The molecule has 0 spiro atoms. The standard InChI is InChI=1S/C35H37N5O5/c1-23-29(33(41)42)35(30(34(43)44)24(2)38(23)3,27-15-10-16-28-31(27)37-45-36-28)17-18-39-19-21-40(22-20-39)32(25-11-6-4-7-12-25)26-13-8-5-9-14-26/h4-16,32H,17-22H2,1-3H3,(H,41,42)(H,43,44). The molecule has 0 aliphatic carbocycles. The van der Waals surface area contributed by atoms with Crippen molar-refractivity contribution >= 4 is 23.0 Å². The molecule has 45 heavy (non-hydrogen) atoms. The van der Waals surface area contributed by atoms with Gasteiger partial charge in [0.2, 0.25) is 0 Å². The summed E-state index contributed by atoms with van der Waals surface area (Å²) in [6, 6.07) is 26.3. The Morgan fingerprint density at radius 1 is 0.800 bits per heavy atom. The van der Waals surface area contributed by atoms with Gasteiger partial charge in [0.05, 0.1) is 22.6 Å². The zero-order chi connectivity index (χ0) is 31.7. The van der Waals surface area contributed by atoms with Crippen molar-refractivity contribution in [2.24, 2.45) is 0 Å². The van der Waals surface area contributed by atoms with Crippen molar-refractivity contribution < 1.29 is 24.4 Å². The number of carboxylic acid groups (broad SMARTS) is 2. The van der Waals surface area contributed by atoms with Gasteiger partial charge in [0, 0.05) is 44.6 Å². The molecule has 0 atom stereocenters. The first-order valence-corrected chi connectivity index (χ1v) is 15.1. The lowest BCUT2D eigenvalue weighted by atomic mass is 9.63. The van der Waals surface area contributed by atoms with Crippen molar-refractivity contribution in [2.45, 2.75) is 31.7 Å². The predicted octanol–water partition coefficient (Wildman–Crippen LogP) is 4.92. The highest BCUT2D eigenvalue weighted by molar-refractivity contribution is 6.02. The SMILES string of the molecule is CC1=C(C(=O)O)C(CCN2CCN(C(c3ccccc3)c3ccccc3)CC2)(c2cccc3nonc23)C(C(=O)O)=C(C)N1C. The van der Waals surface area contributed by atoms with Gasteiger partial charge in [-0.15, -0.1) is 0 Å². The van der Waals surface area contributed by atoms with Crippen molar-refractivity contribution in [3.63, 3.8) is 0 Å². The third-order valence-electron chi connectivity index (χ3n) is 9.56. The number of piperazine rings is 1. The number of benzene rings is 3. The molecule has 4 aromatic rings. The molecule has 10 heteroatoms. The Morgan fingerprint density at radius 2 is 1.36 bits per heavy atom. The summed E-state index contributed by atoms with van der Waals surface area (Å²) in [5.41, 5.74) is 3.25. The highest BCUT2D eigenvalue weighted by atomic mass is 16.6. The Labute approximate surface area is 261 Å². The zero-order valence-corrected chi connectivity index (χ0v) is 25.7. The van der Waals surface area contributed by atoms with Crippen LogP contribution < -0.4 is 0 Å². The number of carboxylic acids is 2. The number of aliphatic carboxylic acids is 2. The third-order valence-corrected chi connectivity index (χ3v) is 9.56. The number of allylic oxidation sites excluding steroid dienone is 2. The number of hydrogen-bond acceptors (Lipinski definition) is 8. The maximum Gasteiger partial charge on any atom is 0.334 e. The van der Waals surface area contributed by atoms with E-state index in [2.05, 4.69) is 68.6 Å². The van der Waals surface area contributed by atoms with Gasteiger partial charge in [-0.25, -0.2) is 14.2 Å². The van der Waals surface area contributed by atoms with E-state index >= 15 is 0 Å². The first-order valence-electron chi connectivity index (χ1n) is 15.1. The summed E-state index contributed by atoms with van der Waals surface area (Å²) < 4.78 is 5.06. The number of nitrogens with zero attached hydrogens (tertiary/aromatic N) is 5. The van der Waals surface area contributed by atoms with Crippen LogP contribution in [0.1, 0.15) is 43.0 Å². The fourth-order valence-corrected chi connectivity index (χ4v) is 7.26. The summed E-state index contributed by atoms with van der Waals surface area (Å²) >= 11 is 0. The summed E-state index contributed by atoms with van der Waals surface area (Å²) in [6.45, 7) is 7.04. The summed E-state index contributed by atoms with van der Waals surface area (Å²) in [4.78, 5) is 32.6. The van der Waals surface area contributed by atoms with Crippen LogP contribution in [0.25, 0.3) is 11.0 Å². The van der Waals surface area contributed by atoms with Crippen LogP contribution in [-0.2, 0) is 15.0 Å². The lowest BCUT2D eigenvalue weighted by molar-refractivity contribution is -0.134. The number of rotatable bonds is 9. The average Bonchev–Trinajstić information content (AvgIpc) is 3.53. The molecule has 0 bridgehead atoms. The van der Waals surface area contributed by atoms with E-state index < -0.39 is 17.4 Å². The Balaban J connectivity index is 1.35. The Bertz CT molecular complexity index is 1700. The molecule has 1 saturated heterocycles. The predicted molar refractivity (Wildman–Crippen MR) is 169 cm³/mol. The minimum absolute atomic E-state index is 0.0235.